The number of aliphatic imine (C=N–C) groups is 1. The Hall–Kier alpha value is -0.600. The number of carbonyl (C=O) groups excluding carboxylic acids is 1. The number of ether oxygens (including phenoxy) is 1. The number of rotatable bonds is 7. The second-order valence-electron chi connectivity index (χ2n) is 2.33. The maximum atomic E-state index is 9.63. The smallest absolute Gasteiger partial charge is 0.286 e. The molecule has 76 valence electrons. The van der Waals surface area contributed by atoms with Crippen LogP contribution < -0.4 is 0 Å². The van der Waals surface area contributed by atoms with Gasteiger partial charge in [-0.25, -0.2) is 9.79 Å². The van der Waals surface area contributed by atoms with Gasteiger partial charge in [-0.3, -0.25) is 0 Å². The lowest BCUT2D eigenvalue weighted by atomic mass is 10.2. The third-order valence-electron chi connectivity index (χ3n) is 1.40. The van der Waals surface area contributed by atoms with Crippen LogP contribution in [0.25, 0.3) is 0 Å². The van der Waals surface area contributed by atoms with Crippen LogP contribution in [0.3, 0.4) is 0 Å². The molecule has 0 amide bonds. The lowest BCUT2D eigenvalue weighted by Gasteiger charge is -1.96. The van der Waals surface area contributed by atoms with E-state index in [1.165, 1.54) is 6.08 Å². The molecule has 0 aliphatic rings. The fourth-order valence-corrected chi connectivity index (χ4v) is 0.810. The highest BCUT2D eigenvalue weighted by atomic mass is 127. The zero-order chi connectivity index (χ0) is 9.07. The zero-order valence-electron chi connectivity index (χ0n) is 7.36. The molecule has 0 radical (unpaired) electrons. The Bertz CT molecular complexity index is 190. The summed E-state index contributed by atoms with van der Waals surface area (Å²) in [4.78, 5) is 13.0. The number of hydrogen-bond donors (Lipinski definition) is 0. The molecule has 4 nitrogen and oxygen atoms in total. The van der Waals surface area contributed by atoms with Crippen LogP contribution in [0, 0.1) is 11.5 Å². The molecule has 0 atom stereocenters. The second kappa shape index (κ2) is 14.0. The standard InChI is InChI=1S/C8H12N2O2.HI.H2/c9-7-12-6-4-2-1-3-5-10-8-11;;/h1-6H2;2*1H. The van der Waals surface area contributed by atoms with Crippen molar-refractivity contribution in [1.29, 1.82) is 5.26 Å². The van der Waals surface area contributed by atoms with Crippen molar-refractivity contribution < 1.29 is 11.0 Å². The first kappa shape index (κ1) is 14.9. The number of halogens is 1. The van der Waals surface area contributed by atoms with Gasteiger partial charge in [-0.05, 0) is 19.3 Å². The molecule has 0 aromatic carbocycles. The molecule has 13 heavy (non-hydrogen) atoms. The number of nitriles is 1. The van der Waals surface area contributed by atoms with Gasteiger partial charge in [-0.15, -0.1) is 24.0 Å². The summed E-state index contributed by atoms with van der Waals surface area (Å²) in [7, 11) is 0. The largest absolute Gasteiger partial charge is 0.428 e. The van der Waals surface area contributed by atoms with Crippen molar-refractivity contribution in [2.45, 2.75) is 25.7 Å². The molecule has 0 fully saturated rings. The molecule has 0 rings (SSSR count). The minimum atomic E-state index is 0. The number of hydrogen-bond acceptors (Lipinski definition) is 4. The van der Waals surface area contributed by atoms with Crippen molar-refractivity contribution in [1.82, 2.24) is 0 Å². The molecular formula is C8H15IN2O2. The monoisotopic (exact) mass is 298 g/mol. The molecule has 0 aromatic rings. The van der Waals surface area contributed by atoms with E-state index < -0.39 is 0 Å². The highest BCUT2D eigenvalue weighted by Crippen LogP contribution is 1.99. The van der Waals surface area contributed by atoms with E-state index >= 15 is 0 Å². The first-order valence-corrected chi connectivity index (χ1v) is 3.96. The van der Waals surface area contributed by atoms with Gasteiger partial charge in [0, 0.05) is 1.43 Å². The molecule has 0 N–H and O–H groups in total. The number of isocyanates is 1. The summed E-state index contributed by atoms with van der Waals surface area (Å²) in [6.45, 7) is 1.05. The predicted octanol–water partition coefficient (Wildman–Crippen LogP) is 2.24. The summed E-state index contributed by atoms with van der Waals surface area (Å²) >= 11 is 0. The molecule has 0 unspecified atom stereocenters. The van der Waals surface area contributed by atoms with Gasteiger partial charge in [0.1, 0.15) is 6.61 Å². The van der Waals surface area contributed by atoms with Gasteiger partial charge in [0.05, 0.1) is 6.54 Å². The maximum absolute atomic E-state index is 9.63. The van der Waals surface area contributed by atoms with Crippen molar-refractivity contribution in [3.63, 3.8) is 0 Å². The van der Waals surface area contributed by atoms with Crippen LogP contribution in [0.5, 0.6) is 0 Å². The summed E-state index contributed by atoms with van der Waals surface area (Å²) in [6.07, 6.45) is 6.91. The van der Waals surface area contributed by atoms with Crippen LogP contribution in [0.4, 0.5) is 0 Å². The molecule has 0 aliphatic carbocycles. The second-order valence-corrected chi connectivity index (χ2v) is 2.33. The van der Waals surface area contributed by atoms with Crippen LogP contribution in [0.15, 0.2) is 4.99 Å². The average molecular weight is 298 g/mol. The van der Waals surface area contributed by atoms with Crippen molar-refractivity contribution in [3.8, 4) is 6.26 Å². The minimum absolute atomic E-state index is 0. The van der Waals surface area contributed by atoms with E-state index in [9.17, 15) is 4.79 Å². The van der Waals surface area contributed by atoms with Crippen LogP contribution in [-0.2, 0) is 9.53 Å². The van der Waals surface area contributed by atoms with E-state index in [0.717, 1.165) is 25.7 Å². The van der Waals surface area contributed by atoms with E-state index in [1.807, 2.05) is 0 Å². The van der Waals surface area contributed by atoms with Gasteiger partial charge < -0.3 is 4.74 Å². The van der Waals surface area contributed by atoms with Crippen molar-refractivity contribution in [2.24, 2.45) is 4.99 Å². The van der Waals surface area contributed by atoms with Gasteiger partial charge in [0.2, 0.25) is 6.08 Å². The predicted molar refractivity (Wildman–Crippen MR) is 60.6 cm³/mol. The maximum Gasteiger partial charge on any atom is 0.286 e. The van der Waals surface area contributed by atoms with E-state index in [-0.39, 0.29) is 25.4 Å². The Labute approximate surface area is 96.5 Å². The van der Waals surface area contributed by atoms with Gasteiger partial charge in [-0.2, -0.15) is 5.26 Å². The summed E-state index contributed by atoms with van der Waals surface area (Å²) < 4.78 is 4.48. The first-order chi connectivity index (χ1) is 5.91. The highest BCUT2D eigenvalue weighted by molar-refractivity contribution is 14.0. The normalized spacial score (nSPS) is 7.62. The van der Waals surface area contributed by atoms with Crippen molar-refractivity contribution in [2.75, 3.05) is 13.2 Å². The molecule has 0 aliphatic heterocycles. The molecule has 5 heteroatoms. The number of unbranched alkanes of at least 4 members (excludes halogenated alkanes) is 3. The Balaban J connectivity index is -0.000000605. The third kappa shape index (κ3) is 14.3. The summed E-state index contributed by atoms with van der Waals surface area (Å²) in [6, 6.07) is 0. The van der Waals surface area contributed by atoms with Crippen LogP contribution in [-0.4, -0.2) is 19.2 Å². The molecule has 0 heterocycles. The van der Waals surface area contributed by atoms with Crippen molar-refractivity contribution in [3.05, 3.63) is 0 Å². The van der Waals surface area contributed by atoms with Gasteiger partial charge >= 0.3 is 0 Å². The SMILES string of the molecule is I.N#COCCCCCCN=C=O.[HH]. The van der Waals surface area contributed by atoms with Gasteiger partial charge in [0.25, 0.3) is 6.26 Å². The van der Waals surface area contributed by atoms with E-state index in [0.29, 0.717) is 13.2 Å². The third-order valence-corrected chi connectivity index (χ3v) is 1.40. The Kier molecular flexibility index (Phi) is 16.0. The lowest BCUT2D eigenvalue weighted by molar-refractivity contribution is 0.260. The average Bonchev–Trinajstić information content (AvgIpc) is 2.10. The quantitative estimate of drug-likeness (QED) is 0.238. The highest BCUT2D eigenvalue weighted by Gasteiger charge is 1.89. The molecule has 0 spiro atoms. The summed E-state index contributed by atoms with van der Waals surface area (Å²) in [5.74, 6) is 0. The van der Waals surface area contributed by atoms with Gasteiger partial charge in [-0.1, -0.05) is 6.42 Å². The Morgan fingerprint density at radius 2 is 2.00 bits per heavy atom. The molecule has 0 aromatic heterocycles. The molecule has 0 saturated carbocycles. The van der Waals surface area contributed by atoms with Crippen LogP contribution >= 0.6 is 24.0 Å². The van der Waals surface area contributed by atoms with E-state index in [1.54, 1.807) is 6.26 Å². The van der Waals surface area contributed by atoms with E-state index in [2.05, 4.69) is 9.73 Å². The molecule has 0 saturated heterocycles. The number of nitrogens with zero attached hydrogens (tertiary/aromatic N) is 2. The summed E-state index contributed by atoms with van der Waals surface area (Å²) in [5.41, 5.74) is 0. The van der Waals surface area contributed by atoms with Crippen molar-refractivity contribution >= 4 is 30.1 Å². The van der Waals surface area contributed by atoms with Crippen LogP contribution in [0.2, 0.25) is 0 Å². The lowest BCUT2D eigenvalue weighted by Crippen LogP contribution is -1.88. The fourth-order valence-electron chi connectivity index (χ4n) is 0.810. The Morgan fingerprint density at radius 3 is 2.62 bits per heavy atom. The van der Waals surface area contributed by atoms with Crippen LogP contribution in [0.1, 0.15) is 27.1 Å². The first-order valence-electron chi connectivity index (χ1n) is 3.96. The topological polar surface area (TPSA) is 62.4 Å². The molecular weight excluding hydrogens is 283 g/mol. The Morgan fingerprint density at radius 1 is 1.31 bits per heavy atom. The minimum Gasteiger partial charge on any atom is -0.428 e. The zero-order valence-corrected chi connectivity index (χ0v) is 9.69. The van der Waals surface area contributed by atoms with Gasteiger partial charge in [0.15, 0.2) is 0 Å². The van der Waals surface area contributed by atoms with E-state index in [4.69, 9.17) is 5.26 Å². The summed E-state index contributed by atoms with van der Waals surface area (Å²) in [5, 5.41) is 8.01. The fraction of sp³-hybridized carbons (Fsp3) is 0.750. The molecule has 0 bridgehead atoms.